The van der Waals surface area contributed by atoms with Crippen LogP contribution >= 0.6 is 11.6 Å². The summed E-state index contributed by atoms with van der Waals surface area (Å²) in [5.74, 6) is 6.37. The third-order valence-electron chi connectivity index (χ3n) is 4.47. The van der Waals surface area contributed by atoms with Gasteiger partial charge in [-0.25, -0.2) is 5.43 Å². The van der Waals surface area contributed by atoms with Crippen LogP contribution in [0.15, 0.2) is 6.20 Å². The number of nitrogens with one attached hydrogen (secondary N) is 1. The smallest absolute Gasteiger partial charge is 0.0908 e. The lowest BCUT2D eigenvalue weighted by atomic mass is 9.82. The number of nitrogens with zero attached hydrogens (tertiary/aromatic N) is 2. The van der Waals surface area contributed by atoms with Crippen LogP contribution in [0, 0.1) is 5.92 Å². The Labute approximate surface area is 132 Å². The van der Waals surface area contributed by atoms with Crippen molar-refractivity contribution in [3.63, 3.8) is 0 Å². The van der Waals surface area contributed by atoms with E-state index in [9.17, 15) is 0 Å². The molecular weight excluding hydrogens is 288 g/mol. The molecule has 3 N–H and O–H groups in total. The molecule has 0 amide bonds. The van der Waals surface area contributed by atoms with Crippen molar-refractivity contribution in [1.29, 1.82) is 0 Å². The largest absolute Gasteiger partial charge is 0.379 e. The van der Waals surface area contributed by atoms with Gasteiger partial charge in [0.1, 0.15) is 0 Å². The van der Waals surface area contributed by atoms with E-state index < -0.39 is 0 Å². The van der Waals surface area contributed by atoms with Crippen LogP contribution in [-0.2, 0) is 4.74 Å². The average molecular weight is 315 g/mol. The van der Waals surface area contributed by atoms with Crippen LogP contribution in [0.2, 0.25) is 5.02 Å². The molecule has 2 rings (SSSR count). The maximum atomic E-state index is 6.37. The van der Waals surface area contributed by atoms with Crippen molar-refractivity contribution in [2.75, 3.05) is 7.11 Å². The van der Waals surface area contributed by atoms with Gasteiger partial charge in [0.2, 0.25) is 0 Å². The van der Waals surface area contributed by atoms with E-state index in [1.807, 2.05) is 4.68 Å². The first-order chi connectivity index (χ1) is 10.1. The molecule has 0 aliphatic heterocycles. The van der Waals surface area contributed by atoms with E-state index in [0.29, 0.717) is 10.9 Å². The van der Waals surface area contributed by atoms with Gasteiger partial charge < -0.3 is 4.74 Å². The summed E-state index contributed by atoms with van der Waals surface area (Å²) >= 11 is 6.37. The summed E-state index contributed by atoms with van der Waals surface area (Å²) in [5, 5.41) is 5.02. The van der Waals surface area contributed by atoms with E-state index in [4.69, 9.17) is 22.2 Å². The third-order valence-corrected chi connectivity index (χ3v) is 4.76. The summed E-state index contributed by atoms with van der Waals surface area (Å²) < 4.78 is 7.75. The summed E-state index contributed by atoms with van der Waals surface area (Å²) in [7, 11) is 1.76. The molecule has 1 aromatic heterocycles. The van der Waals surface area contributed by atoms with Gasteiger partial charge in [0.25, 0.3) is 0 Å². The lowest BCUT2D eigenvalue weighted by Gasteiger charge is -2.35. The van der Waals surface area contributed by atoms with Crippen molar-refractivity contribution >= 4 is 11.6 Å². The van der Waals surface area contributed by atoms with Gasteiger partial charge in [0, 0.05) is 13.2 Å². The second-order valence-electron chi connectivity index (χ2n) is 6.16. The highest BCUT2D eigenvalue weighted by Gasteiger charge is 2.34. The van der Waals surface area contributed by atoms with E-state index >= 15 is 0 Å². The average Bonchev–Trinajstić information content (AvgIpc) is 2.87. The van der Waals surface area contributed by atoms with Crippen LogP contribution < -0.4 is 11.3 Å². The number of ether oxygens (including phenoxy) is 1. The van der Waals surface area contributed by atoms with Gasteiger partial charge in [-0.05, 0) is 32.6 Å². The fourth-order valence-corrected chi connectivity index (χ4v) is 3.69. The normalized spacial score (nSPS) is 19.9. The van der Waals surface area contributed by atoms with Crippen molar-refractivity contribution in [3.8, 4) is 0 Å². The lowest BCUT2D eigenvalue weighted by molar-refractivity contribution is 0.00510. The molecule has 1 aromatic rings. The fraction of sp³-hybridized carbons (Fsp3) is 0.800. The lowest BCUT2D eigenvalue weighted by Crippen LogP contribution is -2.43. The SMILES string of the molecule is COC(C1CCCCC1)C(NN)c1c(Cl)cnn1C(C)C. The van der Waals surface area contributed by atoms with Crippen LogP contribution in [0.1, 0.15) is 63.7 Å². The predicted octanol–water partition coefficient (Wildman–Crippen LogP) is 3.22. The van der Waals surface area contributed by atoms with E-state index in [-0.39, 0.29) is 18.2 Å². The monoisotopic (exact) mass is 314 g/mol. The van der Waals surface area contributed by atoms with Gasteiger partial charge in [-0.1, -0.05) is 30.9 Å². The molecule has 1 fully saturated rings. The van der Waals surface area contributed by atoms with Gasteiger partial charge in [0.15, 0.2) is 0 Å². The Morgan fingerprint density at radius 2 is 2.05 bits per heavy atom. The Balaban J connectivity index is 2.30. The van der Waals surface area contributed by atoms with Crippen LogP contribution in [0.5, 0.6) is 0 Å². The van der Waals surface area contributed by atoms with Crippen molar-refractivity contribution in [1.82, 2.24) is 15.2 Å². The van der Waals surface area contributed by atoms with Crippen molar-refractivity contribution in [2.45, 2.75) is 64.1 Å². The zero-order valence-electron chi connectivity index (χ0n) is 13.2. The Kier molecular flexibility index (Phi) is 6.05. The van der Waals surface area contributed by atoms with Gasteiger partial charge in [-0.2, -0.15) is 5.10 Å². The van der Waals surface area contributed by atoms with Crippen molar-refractivity contribution in [2.24, 2.45) is 11.8 Å². The molecule has 1 saturated carbocycles. The molecule has 0 spiro atoms. The summed E-state index contributed by atoms with van der Waals surface area (Å²) in [6.45, 7) is 4.17. The third kappa shape index (κ3) is 3.59. The number of hydrogen-bond acceptors (Lipinski definition) is 4. The minimum Gasteiger partial charge on any atom is -0.379 e. The molecule has 1 heterocycles. The highest BCUT2D eigenvalue weighted by atomic mass is 35.5. The summed E-state index contributed by atoms with van der Waals surface area (Å²) in [4.78, 5) is 0. The Morgan fingerprint density at radius 3 is 2.57 bits per heavy atom. The number of hydrogen-bond donors (Lipinski definition) is 2. The Bertz CT molecular complexity index is 443. The molecule has 120 valence electrons. The first-order valence-corrected chi connectivity index (χ1v) is 8.19. The molecule has 2 atom stereocenters. The highest BCUT2D eigenvalue weighted by molar-refractivity contribution is 6.31. The number of halogens is 1. The zero-order valence-corrected chi connectivity index (χ0v) is 13.9. The quantitative estimate of drug-likeness (QED) is 0.625. The number of nitrogens with two attached hydrogens (primary N) is 1. The van der Waals surface area contributed by atoms with Gasteiger partial charge >= 0.3 is 0 Å². The molecule has 1 aliphatic carbocycles. The minimum atomic E-state index is -0.143. The Hall–Kier alpha value is -0.620. The molecule has 0 saturated heterocycles. The maximum Gasteiger partial charge on any atom is 0.0908 e. The summed E-state index contributed by atoms with van der Waals surface area (Å²) in [5.41, 5.74) is 3.84. The predicted molar refractivity (Wildman–Crippen MR) is 85.1 cm³/mol. The number of aromatic nitrogens is 2. The molecule has 1 aliphatic rings. The molecule has 2 unspecified atom stereocenters. The maximum absolute atomic E-state index is 6.37. The van der Waals surface area contributed by atoms with Gasteiger partial charge in [0.05, 0.1) is 29.1 Å². The number of hydrazine groups is 1. The second-order valence-corrected chi connectivity index (χ2v) is 6.57. The standard InChI is InChI=1S/C15H27ClN4O/c1-10(2)20-14(12(16)9-18-20)13(19-17)15(21-3)11-7-5-4-6-8-11/h9-11,13,15,19H,4-8,17H2,1-3H3. The summed E-state index contributed by atoms with van der Waals surface area (Å²) in [6, 6.07) is 0.0858. The highest BCUT2D eigenvalue weighted by Crippen LogP contribution is 2.36. The molecule has 5 nitrogen and oxygen atoms in total. The van der Waals surface area contributed by atoms with Crippen LogP contribution in [-0.4, -0.2) is 23.0 Å². The van der Waals surface area contributed by atoms with Crippen molar-refractivity contribution < 1.29 is 4.74 Å². The fourth-order valence-electron chi connectivity index (χ4n) is 3.45. The second kappa shape index (κ2) is 7.58. The Morgan fingerprint density at radius 1 is 1.38 bits per heavy atom. The molecule has 21 heavy (non-hydrogen) atoms. The minimum absolute atomic E-state index is 0.0157. The van der Waals surface area contributed by atoms with E-state index in [1.54, 1.807) is 13.3 Å². The van der Waals surface area contributed by atoms with E-state index in [2.05, 4.69) is 24.4 Å². The van der Waals surface area contributed by atoms with Gasteiger partial charge in [-0.3, -0.25) is 10.5 Å². The summed E-state index contributed by atoms with van der Waals surface area (Å²) in [6.07, 6.45) is 7.92. The zero-order chi connectivity index (χ0) is 15.4. The first kappa shape index (κ1) is 16.7. The van der Waals surface area contributed by atoms with E-state index in [0.717, 1.165) is 5.69 Å². The molecule has 6 heteroatoms. The van der Waals surface area contributed by atoms with E-state index in [1.165, 1.54) is 32.1 Å². The van der Waals surface area contributed by atoms with Gasteiger partial charge in [-0.15, -0.1) is 0 Å². The van der Waals surface area contributed by atoms with Crippen LogP contribution in [0.3, 0.4) is 0 Å². The first-order valence-electron chi connectivity index (χ1n) is 7.82. The molecule has 0 radical (unpaired) electrons. The van der Waals surface area contributed by atoms with Crippen LogP contribution in [0.4, 0.5) is 0 Å². The van der Waals surface area contributed by atoms with Crippen LogP contribution in [0.25, 0.3) is 0 Å². The topological polar surface area (TPSA) is 65.1 Å². The van der Waals surface area contributed by atoms with Crippen molar-refractivity contribution in [3.05, 3.63) is 16.9 Å². The number of rotatable bonds is 6. The molecule has 0 aromatic carbocycles. The number of methoxy groups -OCH3 is 1. The molecular formula is C15H27ClN4O. The molecule has 0 bridgehead atoms.